The van der Waals surface area contributed by atoms with Gasteiger partial charge in [-0.3, -0.25) is 0 Å². The molecule has 0 aliphatic carbocycles. The Morgan fingerprint density at radius 3 is 2.25 bits per heavy atom. The summed E-state index contributed by atoms with van der Waals surface area (Å²) in [5.74, 6) is 0.0899. The molecule has 0 heterocycles. The van der Waals surface area contributed by atoms with Crippen LogP contribution in [-0.4, -0.2) is 32.5 Å². The van der Waals surface area contributed by atoms with Gasteiger partial charge in [-0.2, -0.15) is 17.5 Å². The van der Waals surface area contributed by atoms with Crippen molar-refractivity contribution in [2.45, 2.75) is 30.8 Å². The Hall–Kier alpha value is -0.790. The van der Waals surface area contributed by atoms with E-state index in [1.165, 1.54) is 6.07 Å². The van der Waals surface area contributed by atoms with E-state index >= 15 is 0 Å². The van der Waals surface area contributed by atoms with Crippen LogP contribution in [0.25, 0.3) is 0 Å². The van der Waals surface area contributed by atoms with Crippen LogP contribution in [0.5, 0.6) is 0 Å². The fourth-order valence-electron chi connectivity index (χ4n) is 1.75. The summed E-state index contributed by atoms with van der Waals surface area (Å²) in [4.78, 5) is -0.139. The number of sulfonamides is 1. The first-order chi connectivity index (χ1) is 8.99. The van der Waals surface area contributed by atoms with Crippen LogP contribution in [0.1, 0.15) is 16.7 Å². The van der Waals surface area contributed by atoms with Gasteiger partial charge >= 0.3 is 6.18 Å². The third-order valence-electron chi connectivity index (χ3n) is 2.92. The third-order valence-corrected chi connectivity index (χ3v) is 5.16. The maximum atomic E-state index is 12.4. The van der Waals surface area contributed by atoms with Crippen molar-refractivity contribution in [2.24, 2.45) is 0 Å². The number of nitrogens with zero attached hydrogens (tertiary/aromatic N) is 1. The molecule has 3 nitrogen and oxygen atoms in total. The maximum absolute atomic E-state index is 12.4. The topological polar surface area (TPSA) is 37.4 Å². The van der Waals surface area contributed by atoms with Crippen molar-refractivity contribution in [3.8, 4) is 0 Å². The summed E-state index contributed by atoms with van der Waals surface area (Å²) in [6, 6.07) is 3.03. The van der Waals surface area contributed by atoms with E-state index < -0.39 is 22.7 Å². The van der Waals surface area contributed by atoms with Crippen LogP contribution in [0.3, 0.4) is 0 Å². The van der Waals surface area contributed by atoms with Crippen molar-refractivity contribution >= 4 is 21.6 Å². The Morgan fingerprint density at radius 2 is 1.80 bits per heavy atom. The summed E-state index contributed by atoms with van der Waals surface area (Å²) in [5.41, 5.74) is 1.64. The molecule has 0 aliphatic rings. The highest BCUT2D eigenvalue weighted by Gasteiger charge is 2.35. The van der Waals surface area contributed by atoms with Crippen LogP contribution in [-0.2, 0) is 15.9 Å². The van der Waals surface area contributed by atoms with E-state index in [0.717, 1.165) is 7.05 Å². The number of hydrogen-bond acceptors (Lipinski definition) is 2. The molecule has 0 bridgehead atoms. The van der Waals surface area contributed by atoms with Gasteiger partial charge in [-0.15, -0.1) is 11.6 Å². The number of rotatable bonds is 4. The Kier molecular flexibility index (Phi) is 5.10. The average Bonchev–Trinajstić information content (AvgIpc) is 2.29. The van der Waals surface area contributed by atoms with E-state index in [4.69, 9.17) is 11.6 Å². The second kappa shape index (κ2) is 5.91. The summed E-state index contributed by atoms with van der Waals surface area (Å²) in [5, 5.41) is 0. The second-order valence-electron chi connectivity index (χ2n) is 4.55. The fraction of sp³-hybridized carbons (Fsp3) is 0.500. The molecular formula is C12H15ClF3NO2S. The molecule has 0 saturated heterocycles. The van der Waals surface area contributed by atoms with Crippen molar-refractivity contribution < 1.29 is 21.6 Å². The first kappa shape index (κ1) is 17.3. The lowest BCUT2D eigenvalue weighted by molar-refractivity contribution is -0.134. The van der Waals surface area contributed by atoms with Gasteiger partial charge in [0.25, 0.3) is 0 Å². The minimum atomic E-state index is -4.59. The van der Waals surface area contributed by atoms with E-state index in [1.807, 2.05) is 0 Å². The van der Waals surface area contributed by atoms with Gasteiger partial charge in [0.05, 0.1) is 4.90 Å². The van der Waals surface area contributed by atoms with Crippen LogP contribution >= 0.6 is 11.6 Å². The number of aryl methyl sites for hydroxylation is 1. The number of halogens is 4. The molecule has 0 radical (unpaired) electrons. The highest BCUT2D eigenvalue weighted by molar-refractivity contribution is 7.89. The van der Waals surface area contributed by atoms with Crippen molar-refractivity contribution in [1.29, 1.82) is 0 Å². The minimum absolute atomic E-state index is 0.0899. The van der Waals surface area contributed by atoms with E-state index in [1.54, 1.807) is 19.9 Å². The van der Waals surface area contributed by atoms with Crippen LogP contribution in [0.2, 0.25) is 0 Å². The zero-order valence-corrected chi connectivity index (χ0v) is 12.8. The van der Waals surface area contributed by atoms with Crippen molar-refractivity contribution in [3.63, 3.8) is 0 Å². The van der Waals surface area contributed by atoms with Crippen LogP contribution in [0.15, 0.2) is 17.0 Å². The standard InChI is InChI=1S/C12H15ClF3NO2S/c1-8-4-10(6-13)5-11(9(8)2)20(18,19)17(3)7-12(14,15)16/h4-5H,6-7H2,1-3H3. The molecule has 0 amide bonds. The van der Waals surface area contributed by atoms with Crippen LogP contribution in [0, 0.1) is 13.8 Å². The Morgan fingerprint density at radius 1 is 1.25 bits per heavy atom. The van der Waals surface area contributed by atoms with Gasteiger partial charge in [0.1, 0.15) is 6.54 Å². The summed E-state index contributed by atoms with van der Waals surface area (Å²) >= 11 is 5.67. The highest BCUT2D eigenvalue weighted by atomic mass is 35.5. The number of benzene rings is 1. The first-order valence-electron chi connectivity index (χ1n) is 5.68. The van der Waals surface area contributed by atoms with Gasteiger partial charge in [-0.25, -0.2) is 8.42 Å². The fourth-order valence-corrected chi connectivity index (χ4v) is 3.40. The SMILES string of the molecule is Cc1cc(CCl)cc(S(=O)(=O)N(C)CC(F)(F)F)c1C. The lowest BCUT2D eigenvalue weighted by Gasteiger charge is -2.21. The predicted octanol–water partition coefficient (Wildman–Crippen LogP) is 3.23. The normalized spacial score (nSPS) is 13.0. The molecule has 8 heteroatoms. The molecule has 0 saturated carbocycles. The summed E-state index contributed by atoms with van der Waals surface area (Å²) in [7, 11) is -3.30. The van der Waals surface area contributed by atoms with Gasteiger partial charge in [0.15, 0.2) is 0 Å². The van der Waals surface area contributed by atoms with Crippen molar-refractivity contribution in [3.05, 3.63) is 28.8 Å². The minimum Gasteiger partial charge on any atom is -0.207 e. The number of alkyl halides is 4. The summed E-state index contributed by atoms with van der Waals surface area (Å²) < 4.78 is 61.8. The van der Waals surface area contributed by atoms with E-state index in [0.29, 0.717) is 21.0 Å². The first-order valence-corrected chi connectivity index (χ1v) is 7.65. The van der Waals surface area contributed by atoms with Crippen molar-refractivity contribution in [1.82, 2.24) is 4.31 Å². The average molecular weight is 330 g/mol. The Bertz CT molecular complexity index is 599. The Labute approximate surface area is 121 Å². The quantitative estimate of drug-likeness (QED) is 0.795. The van der Waals surface area contributed by atoms with Gasteiger partial charge in [-0.05, 0) is 36.6 Å². The monoisotopic (exact) mass is 329 g/mol. The molecule has 20 heavy (non-hydrogen) atoms. The maximum Gasteiger partial charge on any atom is 0.402 e. The summed E-state index contributed by atoms with van der Waals surface area (Å²) in [6.45, 7) is 1.72. The zero-order chi connectivity index (χ0) is 15.7. The molecule has 0 aromatic heterocycles. The van der Waals surface area contributed by atoms with Crippen LogP contribution < -0.4 is 0 Å². The zero-order valence-electron chi connectivity index (χ0n) is 11.3. The van der Waals surface area contributed by atoms with Gasteiger partial charge in [0.2, 0.25) is 10.0 Å². The molecule has 1 rings (SSSR count). The predicted molar refractivity (Wildman–Crippen MR) is 71.3 cm³/mol. The lowest BCUT2D eigenvalue weighted by atomic mass is 10.1. The highest BCUT2D eigenvalue weighted by Crippen LogP contribution is 2.26. The largest absolute Gasteiger partial charge is 0.402 e. The lowest BCUT2D eigenvalue weighted by Crippen LogP contribution is -2.36. The molecular weight excluding hydrogens is 315 g/mol. The van der Waals surface area contributed by atoms with E-state index in [9.17, 15) is 21.6 Å². The molecule has 0 aliphatic heterocycles. The third kappa shape index (κ3) is 3.86. The molecule has 0 fully saturated rings. The molecule has 114 valence electrons. The van der Waals surface area contributed by atoms with Gasteiger partial charge in [0, 0.05) is 12.9 Å². The van der Waals surface area contributed by atoms with E-state index in [2.05, 4.69) is 0 Å². The molecule has 1 aromatic carbocycles. The second-order valence-corrected chi connectivity index (χ2v) is 6.83. The van der Waals surface area contributed by atoms with Gasteiger partial charge < -0.3 is 0 Å². The van der Waals surface area contributed by atoms with E-state index in [-0.39, 0.29) is 10.8 Å². The van der Waals surface area contributed by atoms with Gasteiger partial charge in [-0.1, -0.05) is 6.07 Å². The molecule has 0 N–H and O–H groups in total. The molecule has 0 atom stereocenters. The van der Waals surface area contributed by atoms with Crippen molar-refractivity contribution in [2.75, 3.05) is 13.6 Å². The molecule has 1 aromatic rings. The Balaban J connectivity index is 3.32. The molecule has 0 unspecified atom stereocenters. The molecule has 0 spiro atoms. The van der Waals surface area contributed by atoms with Crippen LogP contribution in [0.4, 0.5) is 13.2 Å². The summed E-state index contributed by atoms with van der Waals surface area (Å²) in [6.07, 6.45) is -4.59. The number of hydrogen-bond donors (Lipinski definition) is 0. The smallest absolute Gasteiger partial charge is 0.207 e.